The highest BCUT2D eigenvalue weighted by molar-refractivity contribution is 6.04. The van der Waals surface area contributed by atoms with Crippen LogP contribution in [0, 0.1) is 0 Å². The van der Waals surface area contributed by atoms with Gasteiger partial charge in [0.1, 0.15) is 5.82 Å². The molecule has 0 radical (unpaired) electrons. The number of aromatic carboxylic acids is 1. The van der Waals surface area contributed by atoms with Gasteiger partial charge in [0.05, 0.1) is 35.2 Å². The lowest BCUT2D eigenvalue weighted by Crippen LogP contribution is -2.45. The van der Waals surface area contributed by atoms with Crippen LogP contribution in [-0.2, 0) is 4.74 Å². The van der Waals surface area contributed by atoms with E-state index in [2.05, 4.69) is 20.2 Å². The van der Waals surface area contributed by atoms with Crippen molar-refractivity contribution in [3.05, 3.63) is 47.9 Å². The largest absolute Gasteiger partial charge is 0.478 e. The third-order valence-electron chi connectivity index (χ3n) is 4.00. The van der Waals surface area contributed by atoms with Gasteiger partial charge in [-0.2, -0.15) is 0 Å². The SMILES string of the molecule is CC1CN(c2ccc(C(=O)Nc3cncc(C(=O)O)c3)cn2)CC(C)O1. The maximum Gasteiger partial charge on any atom is 0.337 e. The minimum absolute atomic E-state index is 0.00632. The molecule has 2 N–H and O–H groups in total. The smallest absolute Gasteiger partial charge is 0.337 e. The predicted octanol–water partition coefficient (Wildman–Crippen LogP) is 2.04. The summed E-state index contributed by atoms with van der Waals surface area (Å²) in [5.74, 6) is -0.691. The molecular weight excluding hydrogens is 336 g/mol. The second-order valence-electron chi connectivity index (χ2n) is 6.29. The highest BCUT2D eigenvalue weighted by Gasteiger charge is 2.23. The van der Waals surface area contributed by atoms with E-state index in [1.807, 2.05) is 13.8 Å². The van der Waals surface area contributed by atoms with Gasteiger partial charge in [0.25, 0.3) is 5.91 Å². The lowest BCUT2D eigenvalue weighted by atomic mass is 10.2. The summed E-state index contributed by atoms with van der Waals surface area (Å²) in [4.78, 5) is 33.6. The maximum atomic E-state index is 12.3. The van der Waals surface area contributed by atoms with Gasteiger partial charge in [-0.25, -0.2) is 9.78 Å². The van der Waals surface area contributed by atoms with Crippen molar-refractivity contribution in [1.29, 1.82) is 0 Å². The van der Waals surface area contributed by atoms with Gasteiger partial charge in [-0.05, 0) is 32.0 Å². The summed E-state index contributed by atoms with van der Waals surface area (Å²) in [5.41, 5.74) is 0.700. The topological polar surface area (TPSA) is 105 Å². The number of hydrogen-bond donors (Lipinski definition) is 2. The fourth-order valence-electron chi connectivity index (χ4n) is 2.90. The van der Waals surface area contributed by atoms with Crippen LogP contribution in [0.15, 0.2) is 36.8 Å². The average Bonchev–Trinajstić information content (AvgIpc) is 2.61. The number of hydrogen-bond acceptors (Lipinski definition) is 6. The molecule has 8 nitrogen and oxygen atoms in total. The number of anilines is 2. The van der Waals surface area contributed by atoms with Crippen LogP contribution in [0.3, 0.4) is 0 Å². The van der Waals surface area contributed by atoms with E-state index in [0.717, 1.165) is 18.9 Å². The summed E-state index contributed by atoms with van der Waals surface area (Å²) < 4.78 is 5.71. The van der Waals surface area contributed by atoms with Crippen molar-refractivity contribution in [2.24, 2.45) is 0 Å². The van der Waals surface area contributed by atoms with E-state index in [-0.39, 0.29) is 23.7 Å². The third kappa shape index (κ3) is 4.15. The van der Waals surface area contributed by atoms with Crippen molar-refractivity contribution in [2.45, 2.75) is 26.1 Å². The Morgan fingerprint density at radius 2 is 1.88 bits per heavy atom. The number of carboxylic acids is 1. The quantitative estimate of drug-likeness (QED) is 0.864. The number of carboxylic acid groups (broad SMARTS) is 1. The Balaban J connectivity index is 1.69. The summed E-state index contributed by atoms with van der Waals surface area (Å²) in [6, 6.07) is 4.84. The van der Waals surface area contributed by atoms with Gasteiger partial charge < -0.3 is 20.1 Å². The number of carbonyl (C=O) groups excluding carboxylic acids is 1. The molecule has 1 amide bonds. The van der Waals surface area contributed by atoms with Crippen LogP contribution in [0.5, 0.6) is 0 Å². The zero-order valence-electron chi connectivity index (χ0n) is 14.5. The molecule has 2 aromatic rings. The number of amides is 1. The lowest BCUT2D eigenvalue weighted by Gasteiger charge is -2.36. The molecule has 1 aliphatic heterocycles. The number of pyridine rings is 2. The van der Waals surface area contributed by atoms with Crippen molar-refractivity contribution in [2.75, 3.05) is 23.3 Å². The molecule has 0 spiro atoms. The Bertz CT molecular complexity index is 799. The number of nitrogens with one attached hydrogen (secondary N) is 1. The minimum Gasteiger partial charge on any atom is -0.478 e. The molecule has 0 saturated carbocycles. The number of rotatable bonds is 4. The lowest BCUT2D eigenvalue weighted by molar-refractivity contribution is -0.00546. The van der Waals surface area contributed by atoms with Crippen LogP contribution in [0.4, 0.5) is 11.5 Å². The Morgan fingerprint density at radius 1 is 1.15 bits per heavy atom. The molecule has 136 valence electrons. The fourth-order valence-corrected chi connectivity index (χ4v) is 2.90. The molecule has 26 heavy (non-hydrogen) atoms. The van der Waals surface area contributed by atoms with E-state index < -0.39 is 5.97 Å². The van der Waals surface area contributed by atoms with Gasteiger partial charge in [0.2, 0.25) is 0 Å². The number of ether oxygens (including phenoxy) is 1. The van der Waals surface area contributed by atoms with E-state index in [9.17, 15) is 9.59 Å². The first kappa shape index (κ1) is 17.8. The Labute approximate surface area is 150 Å². The van der Waals surface area contributed by atoms with Gasteiger partial charge in [0, 0.05) is 25.5 Å². The molecule has 1 aliphatic rings. The van der Waals surface area contributed by atoms with E-state index in [1.54, 1.807) is 12.1 Å². The average molecular weight is 356 g/mol. The van der Waals surface area contributed by atoms with Crippen LogP contribution in [0.1, 0.15) is 34.6 Å². The van der Waals surface area contributed by atoms with E-state index in [4.69, 9.17) is 9.84 Å². The van der Waals surface area contributed by atoms with Crippen molar-refractivity contribution in [1.82, 2.24) is 9.97 Å². The van der Waals surface area contributed by atoms with Gasteiger partial charge in [0.15, 0.2) is 0 Å². The summed E-state index contributed by atoms with van der Waals surface area (Å²) in [7, 11) is 0. The van der Waals surface area contributed by atoms with Crippen molar-refractivity contribution < 1.29 is 19.4 Å². The number of nitrogens with zero attached hydrogens (tertiary/aromatic N) is 3. The van der Waals surface area contributed by atoms with E-state index in [1.165, 1.54) is 24.7 Å². The normalized spacial score (nSPS) is 19.8. The number of aromatic nitrogens is 2. The Morgan fingerprint density at radius 3 is 2.50 bits per heavy atom. The van der Waals surface area contributed by atoms with Crippen LogP contribution in [-0.4, -0.2) is 52.2 Å². The summed E-state index contributed by atoms with van der Waals surface area (Å²) >= 11 is 0. The first-order valence-electron chi connectivity index (χ1n) is 8.28. The van der Waals surface area contributed by atoms with Gasteiger partial charge >= 0.3 is 5.97 Å². The highest BCUT2D eigenvalue weighted by atomic mass is 16.5. The van der Waals surface area contributed by atoms with Crippen LogP contribution in [0.2, 0.25) is 0 Å². The molecule has 1 fully saturated rings. The molecule has 2 atom stereocenters. The molecule has 3 heterocycles. The van der Waals surface area contributed by atoms with E-state index >= 15 is 0 Å². The maximum absolute atomic E-state index is 12.3. The van der Waals surface area contributed by atoms with Crippen LogP contribution < -0.4 is 10.2 Å². The summed E-state index contributed by atoms with van der Waals surface area (Å²) in [6.45, 7) is 5.53. The summed E-state index contributed by atoms with van der Waals surface area (Å²) in [5, 5.41) is 11.6. The number of morpholine rings is 1. The molecule has 0 aliphatic carbocycles. The van der Waals surface area contributed by atoms with Gasteiger partial charge in [-0.15, -0.1) is 0 Å². The van der Waals surface area contributed by atoms with E-state index in [0.29, 0.717) is 11.3 Å². The van der Waals surface area contributed by atoms with Crippen LogP contribution >= 0.6 is 0 Å². The second-order valence-corrected chi connectivity index (χ2v) is 6.29. The first-order valence-corrected chi connectivity index (χ1v) is 8.28. The molecule has 0 aromatic carbocycles. The van der Waals surface area contributed by atoms with Crippen LogP contribution in [0.25, 0.3) is 0 Å². The fraction of sp³-hybridized carbons (Fsp3) is 0.333. The second kappa shape index (κ2) is 7.49. The standard InChI is InChI=1S/C18H20N4O4/c1-11-9-22(10-12(2)26-11)16-4-3-13(7-20-16)17(23)21-15-5-14(18(24)25)6-19-8-15/h3-8,11-12H,9-10H2,1-2H3,(H,21,23)(H,24,25). The molecule has 0 bridgehead atoms. The molecule has 8 heteroatoms. The van der Waals surface area contributed by atoms with Crippen molar-refractivity contribution >= 4 is 23.4 Å². The van der Waals surface area contributed by atoms with Crippen molar-refractivity contribution in [3.8, 4) is 0 Å². The highest BCUT2D eigenvalue weighted by Crippen LogP contribution is 2.19. The minimum atomic E-state index is -1.10. The third-order valence-corrected chi connectivity index (χ3v) is 4.00. The van der Waals surface area contributed by atoms with Gasteiger partial charge in [-0.3, -0.25) is 9.78 Å². The Kier molecular flexibility index (Phi) is 5.13. The Hall–Kier alpha value is -3.00. The molecule has 1 saturated heterocycles. The predicted molar refractivity (Wildman–Crippen MR) is 95.6 cm³/mol. The molecule has 3 rings (SSSR count). The molecule has 2 aromatic heterocycles. The summed E-state index contributed by atoms with van der Waals surface area (Å²) in [6.07, 6.45) is 4.36. The first-order chi connectivity index (χ1) is 12.4. The monoisotopic (exact) mass is 356 g/mol. The zero-order chi connectivity index (χ0) is 18.7. The number of carbonyl (C=O) groups is 2. The van der Waals surface area contributed by atoms with Gasteiger partial charge in [-0.1, -0.05) is 0 Å². The zero-order valence-corrected chi connectivity index (χ0v) is 14.5. The molecule has 2 unspecified atom stereocenters. The van der Waals surface area contributed by atoms with Crippen molar-refractivity contribution in [3.63, 3.8) is 0 Å². The molecular formula is C18H20N4O4.